The lowest BCUT2D eigenvalue weighted by Gasteiger charge is -2.12. The zero-order valence-corrected chi connectivity index (χ0v) is 14.0. The summed E-state index contributed by atoms with van der Waals surface area (Å²) in [5, 5.41) is 0.669. The van der Waals surface area contributed by atoms with E-state index in [1.165, 1.54) is 13.2 Å². The molecule has 3 rings (SSSR count). The smallest absolute Gasteiger partial charge is 0.336 e. The van der Waals surface area contributed by atoms with Crippen molar-refractivity contribution < 1.29 is 18.7 Å². The van der Waals surface area contributed by atoms with Crippen molar-refractivity contribution in [2.45, 2.75) is 24.3 Å². The first-order valence-corrected chi connectivity index (χ1v) is 7.68. The fraction of sp³-hybridized carbons (Fsp3) is 0.375. The van der Waals surface area contributed by atoms with Crippen molar-refractivity contribution in [2.75, 3.05) is 7.11 Å². The highest BCUT2D eigenvalue weighted by molar-refractivity contribution is 6.53. The van der Waals surface area contributed by atoms with Crippen molar-refractivity contribution in [1.29, 1.82) is 0 Å². The highest BCUT2D eigenvalue weighted by Crippen LogP contribution is 2.64. The summed E-state index contributed by atoms with van der Waals surface area (Å²) in [7, 11) is 1.52. The molecule has 1 heterocycles. The number of halogens is 2. The number of fused-ring (bicyclic) bond motifs is 1. The molecule has 1 unspecified atom stereocenters. The summed E-state index contributed by atoms with van der Waals surface area (Å²) >= 11 is 11.9. The first-order chi connectivity index (χ1) is 10.8. The number of hydrogen-bond donors (Lipinski definition) is 0. The Morgan fingerprint density at radius 1 is 1.35 bits per heavy atom. The van der Waals surface area contributed by atoms with Crippen molar-refractivity contribution in [2.24, 2.45) is 5.41 Å². The Kier molecular flexibility index (Phi) is 3.81. The Labute approximate surface area is 142 Å². The number of alkyl halides is 2. The molecule has 1 fully saturated rings. The van der Waals surface area contributed by atoms with E-state index >= 15 is 0 Å². The fourth-order valence-corrected chi connectivity index (χ4v) is 3.07. The van der Waals surface area contributed by atoms with Crippen LogP contribution in [0.1, 0.15) is 18.9 Å². The van der Waals surface area contributed by atoms with Gasteiger partial charge in [0, 0.05) is 29.5 Å². The predicted octanol–water partition coefficient (Wildman–Crippen LogP) is 3.43. The molecule has 0 amide bonds. The molecule has 0 radical (unpaired) electrons. The molecule has 1 saturated carbocycles. The van der Waals surface area contributed by atoms with Crippen molar-refractivity contribution in [1.82, 2.24) is 0 Å². The van der Waals surface area contributed by atoms with Gasteiger partial charge in [0.1, 0.15) is 27.7 Å². The Balaban J connectivity index is 1.86. The molecular formula is C16H14Cl2O5. The van der Waals surface area contributed by atoms with Crippen LogP contribution in [0.15, 0.2) is 33.5 Å². The molecular weight excluding hydrogens is 343 g/mol. The number of hydrogen-bond acceptors (Lipinski definition) is 5. The lowest BCUT2D eigenvalue weighted by molar-refractivity contribution is -0.150. The van der Waals surface area contributed by atoms with Gasteiger partial charge in [0.15, 0.2) is 0 Å². The minimum absolute atomic E-state index is 0.0628. The van der Waals surface area contributed by atoms with E-state index in [0.29, 0.717) is 28.7 Å². The van der Waals surface area contributed by atoms with Gasteiger partial charge in [-0.25, -0.2) is 4.79 Å². The Bertz CT molecular complexity index is 842. The third-order valence-corrected chi connectivity index (χ3v) is 5.21. The molecule has 0 saturated heterocycles. The van der Waals surface area contributed by atoms with Crippen molar-refractivity contribution >= 4 is 40.1 Å². The Morgan fingerprint density at radius 2 is 2.04 bits per heavy atom. The van der Waals surface area contributed by atoms with Crippen LogP contribution in [0.4, 0.5) is 0 Å². The van der Waals surface area contributed by atoms with Gasteiger partial charge in [-0.15, -0.1) is 23.2 Å². The van der Waals surface area contributed by atoms with Gasteiger partial charge >= 0.3 is 11.6 Å². The highest BCUT2D eigenvalue weighted by atomic mass is 35.5. The molecule has 0 N–H and O–H groups in total. The van der Waals surface area contributed by atoms with Crippen molar-refractivity contribution in [3.05, 3.63) is 40.2 Å². The normalized spacial score (nSPS) is 21.9. The number of esters is 1. The van der Waals surface area contributed by atoms with Gasteiger partial charge in [-0.05, 0) is 19.1 Å². The SMILES string of the molecule is COc1ccc2c(COC(=O)C3(C)CC3(Cl)Cl)cc(=O)oc2c1. The maximum atomic E-state index is 12.1. The zero-order valence-electron chi connectivity index (χ0n) is 12.5. The minimum atomic E-state index is -1.09. The van der Waals surface area contributed by atoms with Crippen LogP contribution in [0.3, 0.4) is 0 Å². The van der Waals surface area contributed by atoms with E-state index in [-0.39, 0.29) is 6.61 Å². The van der Waals surface area contributed by atoms with E-state index in [2.05, 4.69) is 0 Å². The second-order valence-corrected chi connectivity index (χ2v) is 7.23. The van der Waals surface area contributed by atoms with Gasteiger partial charge in [-0.3, -0.25) is 4.79 Å². The summed E-state index contributed by atoms with van der Waals surface area (Å²) in [4.78, 5) is 23.8. The molecule has 5 nitrogen and oxygen atoms in total. The number of carbonyl (C=O) groups is 1. The number of methoxy groups -OCH3 is 1. The molecule has 2 aromatic rings. The van der Waals surface area contributed by atoms with E-state index in [4.69, 9.17) is 37.1 Å². The summed E-state index contributed by atoms with van der Waals surface area (Å²) in [6.07, 6.45) is 0.344. The summed E-state index contributed by atoms with van der Waals surface area (Å²) in [5.74, 6) is 0.0757. The Morgan fingerprint density at radius 3 is 2.65 bits per heavy atom. The number of benzene rings is 1. The van der Waals surface area contributed by atoms with Gasteiger partial charge < -0.3 is 13.9 Å². The van der Waals surface area contributed by atoms with E-state index in [0.717, 1.165) is 0 Å². The Hall–Kier alpha value is -1.72. The topological polar surface area (TPSA) is 65.7 Å². The summed E-state index contributed by atoms with van der Waals surface area (Å²) in [6, 6.07) is 6.38. The standard InChI is InChI=1S/C16H14Cl2O5/c1-15(8-16(15,17)18)14(20)22-7-9-5-13(19)23-12-6-10(21-2)3-4-11(9)12/h3-6H,7-8H2,1-2H3. The van der Waals surface area contributed by atoms with Gasteiger partial charge in [0.05, 0.1) is 7.11 Å². The van der Waals surface area contributed by atoms with Crippen molar-refractivity contribution in [3.8, 4) is 5.75 Å². The average molecular weight is 357 g/mol. The van der Waals surface area contributed by atoms with Crippen LogP contribution in [0.2, 0.25) is 0 Å². The third-order valence-electron chi connectivity index (χ3n) is 4.10. The summed E-state index contributed by atoms with van der Waals surface area (Å²) in [5.41, 5.74) is -0.525. The van der Waals surface area contributed by atoms with Crippen LogP contribution < -0.4 is 10.4 Å². The molecule has 1 aromatic carbocycles. The first-order valence-electron chi connectivity index (χ1n) is 6.93. The molecule has 0 spiro atoms. The van der Waals surface area contributed by atoms with Crippen LogP contribution in [0.25, 0.3) is 11.0 Å². The van der Waals surface area contributed by atoms with E-state index in [1.807, 2.05) is 0 Å². The largest absolute Gasteiger partial charge is 0.497 e. The summed E-state index contributed by atoms with van der Waals surface area (Å²) in [6.45, 7) is 1.59. The molecule has 1 aliphatic carbocycles. The van der Waals surface area contributed by atoms with Crippen LogP contribution in [-0.4, -0.2) is 17.4 Å². The van der Waals surface area contributed by atoms with Gasteiger partial charge in [0.2, 0.25) is 0 Å². The van der Waals surface area contributed by atoms with Crippen LogP contribution in [0.5, 0.6) is 5.75 Å². The molecule has 1 aromatic heterocycles. The number of rotatable bonds is 4. The van der Waals surface area contributed by atoms with Gasteiger partial charge in [0.25, 0.3) is 0 Å². The van der Waals surface area contributed by atoms with Gasteiger partial charge in [-0.2, -0.15) is 0 Å². The molecule has 0 bridgehead atoms. The van der Waals surface area contributed by atoms with E-state index in [1.54, 1.807) is 25.1 Å². The van der Waals surface area contributed by atoms with E-state index in [9.17, 15) is 9.59 Å². The molecule has 7 heteroatoms. The van der Waals surface area contributed by atoms with Crippen LogP contribution in [-0.2, 0) is 16.1 Å². The lowest BCUT2D eigenvalue weighted by atomic mass is 10.1. The van der Waals surface area contributed by atoms with E-state index < -0.39 is 21.3 Å². The van der Waals surface area contributed by atoms with Gasteiger partial charge in [-0.1, -0.05) is 0 Å². The zero-order chi connectivity index (χ0) is 16.8. The molecule has 0 aliphatic heterocycles. The third kappa shape index (κ3) is 2.79. The predicted molar refractivity (Wildman–Crippen MR) is 86.0 cm³/mol. The maximum absolute atomic E-state index is 12.1. The second-order valence-electron chi connectivity index (χ2n) is 5.74. The monoisotopic (exact) mass is 356 g/mol. The molecule has 122 valence electrons. The quantitative estimate of drug-likeness (QED) is 0.477. The van der Waals surface area contributed by atoms with Crippen LogP contribution in [0, 0.1) is 5.41 Å². The minimum Gasteiger partial charge on any atom is -0.497 e. The number of carbonyl (C=O) groups excluding carboxylic acids is 1. The van der Waals surface area contributed by atoms with Crippen LogP contribution >= 0.6 is 23.2 Å². The molecule has 1 aliphatic rings. The highest BCUT2D eigenvalue weighted by Gasteiger charge is 2.69. The average Bonchev–Trinajstić information content (AvgIpc) is 3.03. The number of ether oxygens (including phenoxy) is 2. The maximum Gasteiger partial charge on any atom is 0.336 e. The fourth-order valence-electron chi connectivity index (χ4n) is 2.38. The first kappa shape index (κ1) is 16.1. The summed E-state index contributed by atoms with van der Waals surface area (Å²) < 4.78 is 14.4. The lowest BCUT2D eigenvalue weighted by Crippen LogP contribution is -2.21. The second kappa shape index (κ2) is 5.42. The molecule has 23 heavy (non-hydrogen) atoms. The molecule has 1 atom stereocenters. The van der Waals surface area contributed by atoms with Crippen molar-refractivity contribution in [3.63, 3.8) is 0 Å².